The van der Waals surface area contributed by atoms with Gasteiger partial charge in [-0.3, -0.25) is 4.79 Å². The molecule has 0 saturated carbocycles. The molecule has 212 valence electrons. The maximum absolute atomic E-state index is 14.3. The SMILES string of the molecule is O=C(N[C@H](Cc1ccccc1)C(=O)OC[C@H](Cc1ccccc1)NS(=O)(=O)c1c(F)cccc1F)c1ccccc1. The number of rotatable bonds is 12. The lowest BCUT2D eigenvalue weighted by atomic mass is 10.1. The summed E-state index contributed by atoms with van der Waals surface area (Å²) in [4.78, 5) is 25.0. The Bertz CT molecular complexity index is 1550. The number of amides is 1. The zero-order chi connectivity index (χ0) is 29.2. The quantitative estimate of drug-likeness (QED) is 0.242. The van der Waals surface area contributed by atoms with Crippen LogP contribution in [-0.2, 0) is 32.4 Å². The van der Waals surface area contributed by atoms with Crippen LogP contribution in [0.15, 0.2) is 114 Å². The van der Waals surface area contributed by atoms with E-state index < -0.39 is 57.1 Å². The average Bonchev–Trinajstić information content (AvgIpc) is 2.96. The standard InChI is InChI=1S/C31H28F2N2O5S/c32-26-17-10-18-27(33)29(26)41(38,39)35-25(19-22-11-4-1-5-12-22)21-40-31(37)28(20-23-13-6-2-7-14-23)34-30(36)24-15-8-3-9-16-24/h1-18,25,28,35H,19-21H2,(H,34,36)/t25-,28+/m0/s1. The van der Waals surface area contributed by atoms with Crippen LogP contribution < -0.4 is 10.0 Å². The van der Waals surface area contributed by atoms with E-state index in [-0.39, 0.29) is 12.8 Å². The Morgan fingerprint density at radius 2 is 1.22 bits per heavy atom. The molecule has 4 aromatic rings. The maximum atomic E-state index is 14.3. The summed E-state index contributed by atoms with van der Waals surface area (Å²) in [6.45, 7) is -0.463. The molecule has 0 saturated heterocycles. The van der Waals surface area contributed by atoms with Crippen molar-refractivity contribution in [2.75, 3.05) is 6.61 Å². The number of ether oxygens (including phenoxy) is 1. The van der Waals surface area contributed by atoms with E-state index in [0.717, 1.165) is 23.8 Å². The smallest absolute Gasteiger partial charge is 0.329 e. The molecule has 2 N–H and O–H groups in total. The Hall–Kier alpha value is -4.41. The van der Waals surface area contributed by atoms with Gasteiger partial charge in [-0.2, -0.15) is 0 Å². The first-order valence-electron chi connectivity index (χ1n) is 12.8. The Balaban J connectivity index is 1.54. The maximum Gasteiger partial charge on any atom is 0.329 e. The molecular weight excluding hydrogens is 550 g/mol. The normalized spacial score (nSPS) is 12.7. The van der Waals surface area contributed by atoms with E-state index >= 15 is 0 Å². The van der Waals surface area contributed by atoms with Crippen molar-refractivity contribution in [2.24, 2.45) is 0 Å². The molecule has 0 radical (unpaired) electrons. The Morgan fingerprint density at radius 1 is 0.707 bits per heavy atom. The molecule has 4 rings (SSSR count). The van der Waals surface area contributed by atoms with Crippen molar-refractivity contribution < 1.29 is 31.5 Å². The number of esters is 1. The van der Waals surface area contributed by atoms with Crippen LogP contribution in [0.4, 0.5) is 8.78 Å². The summed E-state index contributed by atoms with van der Waals surface area (Å²) < 4.78 is 62.5. The molecule has 4 aromatic carbocycles. The number of hydrogen-bond donors (Lipinski definition) is 2. The molecule has 0 aliphatic carbocycles. The van der Waals surface area contributed by atoms with Crippen molar-refractivity contribution in [3.05, 3.63) is 138 Å². The molecule has 0 unspecified atom stereocenters. The molecule has 10 heteroatoms. The van der Waals surface area contributed by atoms with Crippen LogP contribution in [0.5, 0.6) is 0 Å². The van der Waals surface area contributed by atoms with Crippen LogP contribution >= 0.6 is 0 Å². The summed E-state index contributed by atoms with van der Waals surface area (Å²) >= 11 is 0. The van der Waals surface area contributed by atoms with Gasteiger partial charge in [0.2, 0.25) is 10.0 Å². The Labute approximate surface area is 237 Å². The van der Waals surface area contributed by atoms with Gasteiger partial charge in [0.1, 0.15) is 24.3 Å². The summed E-state index contributed by atoms with van der Waals surface area (Å²) in [5.41, 5.74) is 1.81. The third-order valence-electron chi connectivity index (χ3n) is 6.17. The number of sulfonamides is 1. The third kappa shape index (κ3) is 8.29. The molecule has 41 heavy (non-hydrogen) atoms. The highest BCUT2D eigenvalue weighted by atomic mass is 32.2. The first-order chi connectivity index (χ1) is 19.7. The first kappa shape index (κ1) is 29.6. The zero-order valence-electron chi connectivity index (χ0n) is 21.9. The fourth-order valence-electron chi connectivity index (χ4n) is 4.21. The van der Waals surface area contributed by atoms with Gasteiger partial charge in [-0.25, -0.2) is 26.7 Å². The van der Waals surface area contributed by atoms with Gasteiger partial charge in [0.15, 0.2) is 4.90 Å². The largest absolute Gasteiger partial charge is 0.462 e. The molecule has 0 spiro atoms. The summed E-state index contributed by atoms with van der Waals surface area (Å²) in [5.74, 6) is -3.79. The number of halogens is 2. The second-order valence-corrected chi connectivity index (χ2v) is 10.9. The minimum atomic E-state index is -4.67. The average molecular weight is 579 g/mol. The first-order valence-corrected chi connectivity index (χ1v) is 14.3. The second-order valence-electron chi connectivity index (χ2n) is 9.27. The third-order valence-corrected chi connectivity index (χ3v) is 7.74. The summed E-state index contributed by atoms with van der Waals surface area (Å²) in [5, 5.41) is 2.69. The molecule has 0 heterocycles. The van der Waals surface area contributed by atoms with E-state index in [2.05, 4.69) is 10.0 Å². The number of nitrogens with one attached hydrogen (secondary N) is 2. The predicted molar refractivity (Wildman–Crippen MR) is 149 cm³/mol. The van der Waals surface area contributed by atoms with Crippen molar-refractivity contribution in [2.45, 2.75) is 29.8 Å². The van der Waals surface area contributed by atoms with Crippen LogP contribution in [0.25, 0.3) is 0 Å². The monoisotopic (exact) mass is 578 g/mol. The molecule has 7 nitrogen and oxygen atoms in total. The van der Waals surface area contributed by atoms with E-state index in [4.69, 9.17) is 4.74 Å². The van der Waals surface area contributed by atoms with Crippen molar-refractivity contribution in [3.8, 4) is 0 Å². The highest BCUT2D eigenvalue weighted by molar-refractivity contribution is 7.89. The second kappa shape index (κ2) is 13.8. The minimum absolute atomic E-state index is 0.0587. The van der Waals surface area contributed by atoms with E-state index in [1.54, 1.807) is 84.9 Å². The summed E-state index contributed by atoms with van der Waals surface area (Å²) in [6.07, 6.45) is 0.177. The topological polar surface area (TPSA) is 102 Å². The lowest BCUT2D eigenvalue weighted by Gasteiger charge is -2.22. The molecule has 1 amide bonds. The van der Waals surface area contributed by atoms with Crippen molar-refractivity contribution in [1.82, 2.24) is 10.0 Å². The fourth-order valence-corrected chi connectivity index (χ4v) is 5.57. The lowest BCUT2D eigenvalue weighted by molar-refractivity contribution is -0.146. The van der Waals surface area contributed by atoms with Crippen LogP contribution in [-0.4, -0.2) is 39.0 Å². The minimum Gasteiger partial charge on any atom is -0.462 e. The van der Waals surface area contributed by atoms with Gasteiger partial charge >= 0.3 is 5.97 Å². The molecule has 0 aromatic heterocycles. The Morgan fingerprint density at radius 3 is 1.78 bits per heavy atom. The van der Waals surface area contributed by atoms with Crippen molar-refractivity contribution in [1.29, 1.82) is 0 Å². The van der Waals surface area contributed by atoms with E-state index in [0.29, 0.717) is 11.1 Å². The van der Waals surface area contributed by atoms with Gasteiger partial charge in [0.25, 0.3) is 5.91 Å². The van der Waals surface area contributed by atoms with Crippen LogP contribution in [0.1, 0.15) is 21.5 Å². The summed E-state index contributed by atoms with van der Waals surface area (Å²) in [7, 11) is -4.67. The van der Waals surface area contributed by atoms with Crippen LogP contribution in [0, 0.1) is 11.6 Å². The van der Waals surface area contributed by atoms with Crippen LogP contribution in [0.2, 0.25) is 0 Å². The molecular formula is C31H28F2N2O5S. The predicted octanol–water partition coefficient (Wildman–Crippen LogP) is 4.44. The van der Waals surface area contributed by atoms with Gasteiger partial charge in [0.05, 0.1) is 6.04 Å². The lowest BCUT2D eigenvalue weighted by Crippen LogP contribution is -2.46. The van der Waals surface area contributed by atoms with E-state index in [1.165, 1.54) is 0 Å². The number of carbonyl (C=O) groups is 2. The van der Waals surface area contributed by atoms with Gasteiger partial charge in [-0.15, -0.1) is 0 Å². The van der Waals surface area contributed by atoms with Gasteiger partial charge in [-0.05, 0) is 41.8 Å². The number of hydrogen-bond acceptors (Lipinski definition) is 5. The van der Waals surface area contributed by atoms with E-state index in [9.17, 15) is 26.8 Å². The van der Waals surface area contributed by atoms with Gasteiger partial charge < -0.3 is 10.1 Å². The van der Waals surface area contributed by atoms with E-state index in [1.807, 2.05) is 6.07 Å². The number of carbonyl (C=O) groups excluding carboxylic acids is 2. The highest BCUT2D eigenvalue weighted by Crippen LogP contribution is 2.19. The zero-order valence-corrected chi connectivity index (χ0v) is 22.7. The fraction of sp³-hybridized carbons (Fsp3) is 0.161. The van der Waals surface area contributed by atoms with Gasteiger partial charge in [0, 0.05) is 12.0 Å². The molecule has 0 bridgehead atoms. The summed E-state index contributed by atoms with van der Waals surface area (Å²) in [6, 6.07) is 26.7. The van der Waals surface area contributed by atoms with Crippen molar-refractivity contribution in [3.63, 3.8) is 0 Å². The number of benzene rings is 4. The molecule has 0 fully saturated rings. The molecule has 0 aliphatic heterocycles. The van der Waals surface area contributed by atoms with Crippen LogP contribution in [0.3, 0.4) is 0 Å². The molecule has 2 atom stereocenters. The van der Waals surface area contributed by atoms with Crippen molar-refractivity contribution >= 4 is 21.9 Å². The van der Waals surface area contributed by atoms with Gasteiger partial charge in [-0.1, -0.05) is 84.9 Å². The Kier molecular flexibility index (Phi) is 9.94. The highest BCUT2D eigenvalue weighted by Gasteiger charge is 2.29. The molecule has 0 aliphatic rings.